The van der Waals surface area contributed by atoms with Gasteiger partial charge in [0.05, 0.1) is 0 Å². The number of nitrogens with two attached hydrogens (primary N) is 1. The van der Waals surface area contributed by atoms with Gasteiger partial charge >= 0.3 is 6.03 Å². The first kappa shape index (κ1) is 9.40. The third-order valence-corrected chi connectivity index (χ3v) is 5.66. The topological polar surface area (TPSA) is 67.2 Å². The molecule has 0 aliphatic heterocycles. The first-order valence-electron chi connectivity index (χ1n) is 3.06. The zero-order valence-corrected chi connectivity index (χ0v) is 8.62. The third-order valence-electron chi connectivity index (χ3n) is 1.04. The zero-order chi connectivity index (χ0) is 7.98. The molecule has 0 saturated carbocycles. The summed E-state index contributed by atoms with van der Waals surface area (Å²) in [7, 11) is -1.61. The van der Waals surface area contributed by atoms with E-state index in [2.05, 4.69) is 22.8 Å². The number of amides is 2. The van der Waals surface area contributed by atoms with Gasteiger partial charge in [-0.25, -0.2) is 0 Å². The van der Waals surface area contributed by atoms with E-state index in [-0.39, 0.29) is 0 Å². The predicted molar refractivity (Wildman–Crippen MR) is 47.6 cm³/mol. The van der Waals surface area contributed by atoms with Crippen LogP contribution < -0.4 is 15.4 Å². The van der Waals surface area contributed by atoms with E-state index < -0.39 is 24.8 Å². The summed E-state index contributed by atoms with van der Waals surface area (Å²) in [5.41, 5.74) is 6.77. The molecule has 6 heteroatoms. The molecule has 0 heterocycles. The van der Waals surface area contributed by atoms with Gasteiger partial charge in [-0.3, -0.25) is 4.79 Å². The molecule has 1 unspecified atom stereocenters. The highest BCUT2D eigenvalue weighted by Gasteiger charge is 1.96. The summed E-state index contributed by atoms with van der Waals surface area (Å²) >= 11 is 0. The highest BCUT2D eigenvalue weighted by molar-refractivity contribution is 6.68. The lowest BCUT2D eigenvalue weighted by Crippen LogP contribution is -2.45. The van der Waals surface area contributed by atoms with Crippen LogP contribution in [0.2, 0.25) is 6.55 Å². The third kappa shape index (κ3) is 5.54. The van der Waals surface area contributed by atoms with Crippen molar-refractivity contribution in [2.24, 2.45) is 5.73 Å². The van der Waals surface area contributed by atoms with Crippen LogP contribution in [0.3, 0.4) is 0 Å². The standard InChI is InChI=1S/C4H13N3OSi2/c1-3-10(2)7-9-6-4(5)8/h3,7,10H,1,9H2,2H3,(H3,5,6,8). The number of nitrogens with one attached hydrogen (secondary N) is 2. The van der Waals surface area contributed by atoms with Gasteiger partial charge in [0, 0.05) is 0 Å². The minimum Gasteiger partial charge on any atom is -0.357 e. The quantitative estimate of drug-likeness (QED) is 0.447. The van der Waals surface area contributed by atoms with Crippen LogP contribution in [0.15, 0.2) is 12.3 Å². The molecule has 10 heavy (non-hydrogen) atoms. The molecule has 2 amide bonds. The minimum absolute atomic E-state index is 0.440. The van der Waals surface area contributed by atoms with Gasteiger partial charge in [-0.2, -0.15) is 0 Å². The van der Waals surface area contributed by atoms with Crippen molar-refractivity contribution >= 4 is 24.8 Å². The summed E-state index contributed by atoms with van der Waals surface area (Å²) in [4.78, 5) is 12.7. The van der Waals surface area contributed by atoms with Crippen molar-refractivity contribution in [3.63, 3.8) is 0 Å². The molecule has 4 N–H and O–H groups in total. The maximum atomic E-state index is 10.2. The lowest BCUT2D eigenvalue weighted by atomic mass is 11.2. The molecule has 0 saturated heterocycles. The van der Waals surface area contributed by atoms with Crippen LogP contribution in [-0.2, 0) is 0 Å². The number of primary amides is 1. The molecule has 4 nitrogen and oxygen atoms in total. The van der Waals surface area contributed by atoms with Crippen LogP contribution >= 0.6 is 0 Å². The lowest BCUT2D eigenvalue weighted by Gasteiger charge is -2.05. The van der Waals surface area contributed by atoms with Crippen LogP contribution in [0.1, 0.15) is 0 Å². The van der Waals surface area contributed by atoms with E-state index in [9.17, 15) is 4.79 Å². The van der Waals surface area contributed by atoms with Crippen molar-refractivity contribution in [1.82, 2.24) is 9.63 Å². The molecule has 0 aromatic rings. The summed E-state index contributed by atoms with van der Waals surface area (Å²) in [5, 5.41) is 0. The molecule has 0 aliphatic carbocycles. The number of rotatable bonds is 4. The molecule has 0 bridgehead atoms. The average molecular weight is 175 g/mol. The highest BCUT2D eigenvalue weighted by Crippen LogP contribution is 1.70. The van der Waals surface area contributed by atoms with Crippen molar-refractivity contribution < 1.29 is 4.79 Å². The lowest BCUT2D eigenvalue weighted by molar-refractivity contribution is 0.253. The van der Waals surface area contributed by atoms with Gasteiger partial charge in [-0.1, -0.05) is 12.2 Å². The second kappa shape index (κ2) is 5.21. The monoisotopic (exact) mass is 175 g/mol. The van der Waals surface area contributed by atoms with Crippen LogP contribution in [0.5, 0.6) is 0 Å². The van der Waals surface area contributed by atoms with Gasteiger partial charge < -0.3 is 15.4 Å². The molecule has 0 aromatic heterocycles. The fraction of sp³-hybridized carbons (Fsp3) is 0.250. The second-order valence-electron chi connectivity index (χ2n) is 1.95. The Hall–Kier alpha value is -0.596. The smallest absolute Gasteiger partial charge is 0.304 e. The molecule has 0 radical (unpaired) electrons. The number of hydrogen-bond acceptors (Lipinski definition) is 2. The highest BCUT2D eigenvalue weighted by atomic mass is 28.3. The van der Waals surface area contributed by atoms with E-state index in [1.165, 1.54) is 0 Å². The Bertz CT molecular complexity index is 130. The number of urea groups is 1. The Kier molecular flexibility index (Phi) is 4.90. The summed E-state index contributed by atoms with van der Waals surface area (Å²) < 4.78 is 3.21. The normalized spacial score (nSPS) is 13.3. The van der Waals surface area contributed by atoms with Crippen molar-refractivity contribution in [2.45, 2.75) is 6.55 Å². The van der Waals surface area contributed by atoms with Crippen LogP contribution in [0, 0.1) is 0 Å². The maximum absolute atomic E-state index is 10.2. The maximum Gasteiger partial charge on any atom is 0.304 e. The number of hydrogen-bond donors (Lipinski definition) is 3. The fourth-order valence-corrected chi connectivity index (χ4v) is 2.92. The minimum atomic E-state index is -0.935. The Balaban J connectivity index is 3.19. The van der Waals surface area contributed by atoms with Crippen molar-refractivity contribution in [2.75, 3.05) is 0 Å². The summed E-state index contributed by atoms with van der Waals surface area (Å²) in [6.45, 7) is 5.74. The first-order valence-corrected chi connectivity index (χ1v) is 6.87. The molecule has 0 fully saturated rings. The Labute approximate surface area is 64.5 Å². The van der Waals surface area contributed by atoms with Gasteiger partial charge in [-0.05, 0) is 0 Å². The summed E-state index contributed by atoms with van der Waals surface area (Å²) in [5.74, 6) is 0. The van der Waals surface area contributed by atoms with Gasteiger partial charge in [-0.15, -0.1) is 6.58 Å². The van der Waals surface area contributed by atoms with E-state index in [0.29, 0.717) is 0 Å². The molecule has 0 spiro atoms. The van der Waals surface area contributed by atoms with Gasteiger partial charge in [0.2, 0.25) is 0 Å². The van der Waals surface area contributed by atoms with Crippen molar-refractivity contribution in [3.8, 4) is 0 Å². The molecule has 58 valence electrons. The Morgan fingerprint density at radius 2 is 2.50 bits per heavy atom. The predicted octanol–water partition coefficient (Wildman–Crippen LogP) is -1.68. The van der Waals surface area contributed by atoms with E-state index in [0.717, 1.165) is 0 Å². The Morgan fingerprint density at radius 3 is 2.90 bits per heavy atom. The van der Waals surface area contributed by atoms with Crippen LogP contribution in [-0.4, -0.2) is 24.8 Å². The zero-order valence-electron chi connectivity index (χ0n) is 6.05. The molecule has 0 aliphatic rings. The molecule has 0 aromatic carbocycles. The van der Waals surface area contributed by atoms with E-state index >= 15 is 0 Å². The average Bonchev–Trinajstić information content (AvgIpc) is 1.87. The van der Waals surface area contributed by atoms with Gasteiger partial charge in [0.1, 0.15) is 8.96 Å². The second-order valence-corrected chi connectivity index (χ2v) is 6.34. The van der Waals surface area contributed by atoms with E-state index in [4.69, 9.17) is 5.73 Å². The largest absolute Gasteiger partial charge is 0.357 e. The number of carbonyl (C=O) groups is 1. The fourth-order valence-electron chi connectivity index (χ4n) is 0.382. The summed E-state index contributed by atoms with van der Waals surface area (Å²) in [6.07, 6.45) is 0. The molecular weight excluding hydrogens is 162 g/mol. The number of carbonyl (C=O) groups excluding carboxylic acids is 1. The van der Waals surface area contributed by atoms with Crippen LogP contribution in [0.4, 0.5) is 4.79 Å². The molecule has 1 atom stereocenters. The van der Waals surface area contributed by atoms with Gasteiger partial charge in [0.15, 0.2) is 9.84 Å². The molecule has 0 rings (SSSR count). The molecular formula is C4H13N3OSi2. The summed E-state index contributed by atoms with van der Waals surface area (Å²) in [6, 6.07) is -0.440. The van der Waals surface area contributed by atoms with E-state index in [1.54, 1.807) is 0 Å². The Morgan fingerprint density at radius 1 is 1.90 bits per heavy atom. The SMILES string of the molecule is C=C[SiH](C)N[SiH2]NC(N)=O. The first-order chi connectivity index (χ1) is 4.66. The van der Waals surface area contributed by atoms with Gasteiger partial charge in [0.25, 0.3) is 0 Å². The van der Waals surface area contributed by atoms with Crippen molar-refractivity contribution in [3.05, 3.63) is 12.3 Å². The van der Waals surface area contributed by atoms with Crippen LogP contribution in [0.25, 0.3) is 0 Å². The van der Waals surface area contributed by atoms with E-state index in [1.807, 2.05) is 5.70 Å². The van der Waals surface area contributed by atoms with Crippen molar-refractivity contribution in [1.29, 1.82) is 0 Å².